The predicted molar refractivity (Wildman–Crippen MR) is 105 cm³/mol. The number of nitrogens with one attached hydrogen (secondary N) is 1. The van der Waals surface area contributed by atoms with Crippen molar-refractivity contribution < 1.29 is 22.7 Å². The Labute approximate surface area is 160 Å². The molecular formula is C19H24N2O5S. The largest absolute Gasteiger partial charge is 0.497 e. The van der Waals surface area contributed by atoms with Gasteiger partial charge in [-0.2, -0.15) is 0 Å². The zero-order valence-corrected chi connectivity index (χ0v) is 16.5. The van der Waals surface area contributed by atoms with Gasteiger partial charge in [-0.15, -0.1) is 0 Å². The van der Waals surface area contributed by atoms with Crippen molar-refractivity contribution in [2.24, 2.45) is 0 Å². The Bertz CT molecular complexity index is 866. The van der Waals surface area contributed by atoms with Crippen molar-refractivity contribution in [1.29, 1.82) is 0 Å². The number of methoxy groups -OCH3 is 2. The molecule has 0 unspecified atom stereocenters. The average Bonchev–Trinajstić information content (AvgIpc) is 2.66. The second-order valence-corrected chi connectivity index (χ2v) is 7.78. The van der Waals surface area contributed by atoms with Crippen molar-refractivity contribution in [3.63, 3.8) is 0 Å². The van der Waals surface area contributed by atoms with Gasteiger partial charge in [-0.05, 0) is 30.3 Å². The summed E-state index contributed by atoms with van der Waals surface area (Å²) in [5, 5.41) is 2.79. The Morgan fingerprint density at radius 3 is 2.30 bits per heavy atom. The first-order chi connectivity index (χ1) is 12.8. The maximum Gasteiger partial charge on any atom is 0.232 e. The zero-order valence-electron chi connectivity index (χ0n) is 15.6. The summed E-state index contributed by atoms with van der Waals surface area (Å²) in [5.74, 6) is 1.07. The van der Waals surface area contributed by atoms with E-state index in [0.717, 1.165) is 11.8 Å². The van der Waals surface area contributed by atoms with Crippen LogP contribution in [0.3, 0.4) is 0 Å². The number of anilines is 1. The van der Waals surface area contributed by atoms with Gasteiger partial charge in [-0.3, -0.25) is 9.10 Å². The van der Waals surface area contributed by atoms with E-state index < -0.39 is 10.0 Å². The first-order valence-electron chi connectivity index (χ1n) is 8.35. The highest BCUT2D eigenvalue weighted by molar-refractivity contribution is 7.92. The van der Waals surface area contributed by atoms with E-state index in [4.69, 9.17) is 9.47 Å². The summed E-state index contributed by atoms with van der Waals surface area (Å²) in [5.41, 5.74) is 1.33. The van der Waals surface area contributed by atoms with Crippen LogP contribution in [0.5, 0.6) is 11.5 Å². The minimum atomic E-state index is -3.52. The molecule has 2 rings (SSSR count). The van der Waals surface area contributed by atoms with E-state index in [1.807, 2.05) is 24.3 Å². The lowest BCUT2D eigenvalue weighted by molar-refractivity contribution is -0.121. The summed E-state index contributed by atoms with van der Waals surface area (Å²) in [4.78, 5) is 12.2. The summed E-state index contributed by atoms with van der Waals surface area (Å²) >= 11 is 0. The fraction of sp³-hybridized carbons (Fsp3) is 0.316. The van der Waals surface area contributed by atoms with E-state index in [1.54, 1.807) is 31.4 Å². The van der Waals surface area contributed by atoms with Crippen LogP contribution in [-0.4, -0.2) is 41.3 Å². The lowest BCUT2D eigenvalue weighted by Gasteiger charge is -2.22. The normalized spacial score (nSPS) is 10.9. The third kappa shape index (κ3) is 5.89. The molecule has 1 N–H and O–H groups in total. The van der Waals surface area contributed by atoms with E-state index in [2.05, 4.69) is 5.32 Å². The van der Waals surface area contributed by atoms with Gasteiger partial charge in [0.2, 0.25) is 15.9 Å². The molecule has 0 heterocycles. The fourth-order valence-corrected chi connectivity index (χ4v) is 3.50. The molecule has 7 nitrogen and oxygen atoms in total. The Morgan fingerprint density at radius 1 is 1.04 bits per heavy atom. The van der Waals surface area contributed by atoms with Crippen LogP contribution in [0.15, 0.2) is 48.5 Å². The molecule has 0 aromatic heterocycles. The number of hydrogen-bond acceptors (Lipinski definition) is 5. The fourth-order valence-electron chi connectivity index (χ4n) is 2.57. The molecule has 0 radical (unpaired) electrons. The number of hydrogen-bond donors (Lipinski definition) is 1. The molecule has 0 aliphatic heterocycles. The molecule has 0 aliphatic rings. The van der Waals surface area contributed by atoms with Crippen molar-refractivity contribution in [1.82, 2.24) is 5.32 Å². The molecule has 0 aliphatic carbocycles. The number of carbonyl (C=O) groups excluding carboxylic acids is 1. The molecule has 8 heteroatoms. The van der Waals surface area contributed by atoms with Gasteiger partial charge in [-0.1, -0.05) is 18.2 Å². The predicted octanol–water partition coefficient (Wildman–Crippen LogP) is 2.18. The van der Waals surface area contributed by atoms with Gasteiger partial charge in [0.15, 0.2) is 0 Å². The second kappa shape index (κ2) is 9.27. The highest BCUT2D eigenvalue weighted by atomic mass is 32.2. The van der Waals surface area contributed by atoms with Crippen molar-refractivity contribution >= 4 is 21.6 Å². The molecule has 0 spiro atoms. The van der Waals surface area contributed by atoms with Crippen LogP contribution in [0.4, 0.5) is 5.69 Å². The van der Waals surface area contributed by atoms with Crippen LogP contribution < -0.4 is 19.1 Å². The van der Waals surface area contributed by atoms with Gasteiger partial charge < -0.3 is 14.8 Å². The summed E-state index contributed by atoms with van der Waals surface area (Å²) in [7, 11) is -0.412. The number of para-hydroxylation sites is 1. The maximum atomic E-state index is 12.2. The van der Waals surface area contributed by atoms with E-state index in [1.165, 1.54) is 11.4 Å². The number of rotatable bonds is 9. The summed E-state index contributed by atoms with van der Waals surface area (Å²) in [6, 6.07) is 14.0. The topological polar surface area (TPSA) is 84.9 Å². The number of carbonyl (C=O) groups is 1. The molecule has 2 aromatic carbocycles. The molecule has 0 bridgehead atoms. The summed E-state index contributed by atoms with van der Waals surface area (Å²) in [6.45, 7) is 0.354. The van der Waals surface area contributed by atoms with Crippen LogP contribution in [0.1, 0.15) is 12.0 Å². The van der Waals surface area contributed by atoms with Gasteiger partial charge in [0.25, 0.3) is 0 Å². The van der Waals surface area contributed by atoms with Gasteiger partial charge in [0, 0.05) is 25.1 Å². The van der Waals surface area contributed by atoms with E-state index in [0.29, 0.717) is 23.7 Å². The zero-order chi connectivity index (χ0) is 19.9. The molecule has 146 valence electrons. The second-order valence-electron chi connectivity index (χ2n) is 5.87. The lowest BCUT2D eigenvalue weighted by atomic mass is 10.2. The summed E-state index contributed by atoms with van der Waals surface area (Å²) in [6.07, 6.45) is 1.15. The number of amides is 1. The van der Waals surface area contributed by atoms with Crippen molar-refractivity contribution in [3.05, 3.63) is 54.1 Å². The molecule has 2 aromatic rings. The first kappa shape index (κ1) is 20.6. The number of sulfonamides is 1. The number of ether oxygens (including phenoxy) is 2. The highest BCUT2D eigenvalue weighted by Crippen LogP contribution is 2.22. The Balaban J connectivity index is 1.99. The Morgan fingerprint density at radius 2 is 1.70 bits per heavy atom. The number of benzene rings is 2. The van der Waals surface area contributed by atoms with Gasteiger partial charge in [-0.25, -0.2) is 8.42 Å². The molecule has 0 atom stereocenters. The minimum Gasteiger partial charge on any atom is -0.497 e. The van der Waals surface area contributed by atoms with Crippen molar-refractivity contribution in [2.45, 2.75) is 13.0 Å². The van der Waals surface area contributed by atoms with Crippen LogP contribution in [-0.2, 0) is 21.4 Å². The quantitative estimate of drug-likeness (QED) is 0.707. The van der Waals surface area contributed by atoms with Crippen molar-refractivity contribution in [2.75, 3.05) is 31.3 Å². The SMILES string of the molecule is COc1ccc(N(CCC(=O)NCc2ccccc2OC)S(C)(=O)=O)cc1. The van der Waals surface area contributed by atoms with E-state index in [9.17, 15) is 13.2 Å². The minimum absolute atomic E-state index is 0.0360. The molecule has 0 saturated carbocycles. The smallest absolute Gasteiger partial charge is 0.232 e. The average molecular weight is 392 g/mol. The lowest BCUT2D eigenvalue weighted by Crippen LogP contribution is -2.34. The third-order valence-corrected chi connectivity index (χ3v) is 5.17. The molecule has 0 fully saturated rings. The van der Waals surface area contributed by atoms with Crippen LogP contribution in [0, 0.1) is 0 Å². The molecule has 1 amide bonds. The molecular weight excluding hydrogens is 368 g/mol. The monoisotopic (exact) mass is 392 g/mol. The van der Waals surface area contributed by atoms with Crippen LogP contribution >= 0.6 is 0 Å². The maximum absolute atomic E-state index is 12.2. The highest BCUT2D eigenvalue weighted by Gasteiger charge is 2.18. The van der Waals surface area contributed by atoms with Crippen LogP contribution in [0.2, 0.25) is 0 Å². The van der Waals surface area contributed by atoms with E-state index >= 15 is 0 Å². The first-order valence-corrected chi connectivity index (χ1v) is 10.2. The molecule has 27 heavy (non-hydrogen) atoms. The standard InChI is InChI=1S/C19H24N2O5S/c1-25-17-10-8-16(9-11-17)21(27(3,23)24)13-12-19(22)20-14-15-6-4-5-7-18(15)26-2/h4-11H,12-14H2,1-3H3,(H,20,22). The van der Waals surface area contributed by atoms with Crippen molar-refractivity contribution in [3.8, 4) is 11.5 Å². The van der Waals surface area contributed by atoms with Gasteiger partial charge >= 0.3 is 0 Å². The Kier molecular flexibility index (Phi) is 7.06. The third-order valence-electron chi connectivity index (χ3n) is 3.97. The van der Waals surface area contributed by atoms with Gasteiger partial charge in [0.05, 0.1) is 26.2 Å². The summed E-state index contributed by atoms with van der Waals surface area (Å²) < 4.78 is 35.8. The number of nitrogens with zero attached hydrogens (tertiary/aromatic N) is 1. The van der Waals surface area contributed by atoms with Gasteiger partial charge in [0.1, 0.15) is 11.5 Å². The van der Waals surface area contributed by atoms with E-state index in [-0.39, 0.29) is 18.9 Å². The van der Waals surface area contributed by atoms with Crippen LogP contribution in [0.25, 0.3) is 0 Å². The Hall–Kier alpha value is -2.74. The molecule has 0 saturated heterocycles.